The van der Waals surface area contributed by atoms with Gasteiger partial charge in [-0.15, -0.1) is 0 Å². The molecule has 8 heteroatoms. The molecule has 4 rings (SSSR count). The SMILES string of the molecule is Nc1ncnc2nc(SCC(=O)N(C3CCCCC3)C3CCCCC3)[nH]c12. The minimum Gasteiger partial charge on any atom is -0.382 e. The maximum absolute atomic E-state index is 13.2. The molecule has 2 aromatic heterocycles. The van der Waals surface area contributed by atoms with E-state index in [-0.39, 0.29) is 5.91 Å². The molecule has 0 aliphatic heterocycles. The molecule has 3 N–H and O–H groups in total. The van der Waals surface area contributed by atoms with Crippen molar-refractivity contribution in [2.45, 2.75) is 81.4 Å². The second-order valence-electron chi connectivity index (χ2n) is 7.67. The smallest absolute Gasteiger partial charge is 0.233 e. The van der Waals surface area contributed by atoms with Crippen LogP contribution in [0.3, 0.4) is 0 Å². The van der Waals surface area contributed by atoms with Crippen molar-refractivity contribution in [1.82, 2.24) is 24.8 Å². The normalized spacial score (nSPS) is 19.4. The van der Waals surface area contributed by atoms with Crippen molar-refractivity contribution in [3.8, 4) is 0 Å². The summed E-state index contributed by atoms with van der Waals surface area (Å²) in [6, 6.07) is 0.847. The summed E-state index contributed by atoms with van der Waals surface area (Å²) in [5, 5.41) is 0.679. The van der Waals surface area contributed by atoms with Gasteiger partial charge in [-0.25, -0.2) is 15.0 Å². The highest BCUT2D eigenvalue weighted by atomic mass is 32.2. The fourth-order valence-corrected chi connectivity index (χ4v) is 5.26. The second-order valence-corrected chi connectivity index (χ2v) is 8.64. The first-order valence-electron chi connectivity index (χ1n) is 10.1. The molecule has 7 nitrogen and oxygen atoms in total. The Morgan fingerprint density at radius 1 is 1.07 bits per heavy atom. The molecule has 2 aliphatic carbocycles. The number of nitrogens with zero attached hydrogens (tertiary/aromatic N) is 4. The minimum atomic E-state index is 0.248. The lowest BCUT2D eigenvalue weighted by molar-refractivity contribution is -0.135. The highest BCUT2D eigenvalue weighted by Crippen LogP contribution is 2.31. The Morgan fingerprint density at radius 2 is 1.70 bits per heavy atom. The molecule has 2 aliphatic rings. The Labute approximate surface area is 163 Å². The molecule has 0 atom stereocenters. The molecule has 2 heterocycles. The molecular formula is C19H28N6OS. The lowest BCUT2D eigenvalue weighted by Crippen LogP contribution is -2.49. The van der Waals surface area contributed by atoms with E-state index in [4.69, 9.17) is 5.73 Å². The van der Waals surface area contributed by atoms with Crippen LogP contribution in [0.4, 0.5) is 5.82 Å². The van der Waals surface area contributed by atoms with E-state index in [9.17, 15) is 4.79 Å². The average molecular weight is 389 g/mol. The van der Waals surface area contributed by atoms with E-state index in [1.54, 1.807) is 0 Å². The topological polar surface area (TPSA) is 101 Å². The average Bonchev–Trinajstić information content (AvgIpc) is 3.13. The number of imidazole rings is 1. The number of carbonyl (C=O) groups is 1. The summed E-state index contributed by atoms with van der Waals surface area (Å²) in [6.07, 6.45) is 13.6. The summed E-state index contributed by atoms with van der Waals surface area (Å²) in [4.78, 5) is 31.2. The number of carbonyl (C=O) groups excluding carboxylic acids is 1. The Morgan fingerprint density at radius 3 is 2.30 bits per heavy atom. The Hall–Kier alpha value is -1.83. The van der Waals surface area contributed by atoms with Crippen LogP contribution in [0.1, 0.15) is 64.2 Å². The molecule has 146 valence electrons. The third-order valence-corrected chi connectivity index (χ3v) is 6.71. The van der Waals surface area contributed by atoms with Crippen molar-refractivity contribution in [1.29, 1.82) is 0 Å². The maximum atomic E-state index is 13.2. The number of fused-ring (bicyclic) bond motifs is 1. The van der Waals surface area contributed by atoms with E-state index < -0.39 is 0 Å². The van der Waals surface area contributed by atoms with Crippen LogP contribution in [0.15, 0.2) is 11.5 Å². The number of hydrogen-bond donors (Lipinski definition) is 2. The summed E-state index contributed by atoms with van der Waals surface area (Å²) in [6.45, 7) is 0. The first-order chi connectivity index (χ1) is 13.2. The molecule has 1 amide bonds. The Bertz CT molecular complexity index is 764. The minimum absolute atomic E-state index is 0.248. The van der Waals surface area contributed by atoms with Crippen LogP contribution in [0.2, 0.25) is 0 Å². The zero-order valence-corrected chi connectivity index (χ0v) is 16.5. The van der Waals surface area contributed by atoms with Crippen LogP contribution < -0.4 is 5.73 Å². The zero-order valence-electron chi connectivity index (χ0n) is 15.7. The molecule has 0 bridgehead atoms. The van der Waals surface area contributed by atoms with Gasteiger partial charge in [-0.2, -0.15) is 0 Å². The predicted molar refractivity (Wildman–Crippen MR) is 107 cm³/mol. The van der Waals surface area contributed by atoms with Crippen LogP contribution in [-0.4, -0.2) is 48.6 Å². The fraction of sp³-hybridized carbons (Fsp3) is 0.684. The van der Waals surface area contributed by atoms with E-state index in [2.05, 4.69) is 24.8 Å². The number of aromatic amines is 1. The summed E-state index contributed by atoms with van der Waals surface area (Å²) in [7, 11) is 0. The van der Waals surface area contributed by atoms with Crippen molar-refractivity contribution in [3.63, 3.8) is 0 Å². The molecule has 0 saturated heterocycles. The van der Waals surface area contributed by atoms with E-state index in [0.717, 1.165) is 25.7 Å². The monoisotopic (exact) mass is 388 g/mol. The number of rotatable bonds is 5. The van der Waals surface area contributed by atoms with Crippen molar-refractivity contribution >= 4 is 34.7 Å². The van der Waals surface area contributed by atoms with Gasteiger partial charge in [0.1, 0.15) is 11.8 Å². The van der Waals surface area contributed by atoms with Gasteiger partial charge in [-0.05, 0) is 25.7 Å². The van der Waals surface area contributed by atoms with E-state index >= 15 is 0 Å². The number of nitrogen functional groups attached to an aromatic ring is 1. The molecule has 2 saturated carbocycles. The van der Waals surface area contributed by atoms with Gasteiger partial charge < -0.3 is 15.6 Å². The van der Waals surface area contributed by atoms with Crippen LogP contribution in [0.5, 0.6) is 0 Å². The van der Waals surface area contributed by atoms with Gasteiger partial charge in [-0.3, -0.25) is 4.79 Å². The highest BCUT2D eigenvalue weighted by Gasteiger charge is 2.32. The van der Waals surface area contributed by atoms with Crippen molar-refractivity contribution < 1.29 is 4.79 Å². The summed E-state index contributed by atoms with van der Waals surface area (Å²) in [5.74, 6) is 1.04. The number of H-pyrrole nitrogens is 1. The standard InChI is InChI=1S/C19H28N6OS/c20-17-16-18(22-12-21-17)24-19(23-16)27-11-15(26)25(13-7-3-1-4-8-13)14-9-5-2-6-10-14/h12-14H,1-11H2,(H3,20,21,22,23,24). The first kappa shape index (κ1) is 18.5. The van der Waals surface area contributed by atoms with Crippen molar-refractivity contribution in [2.24, 2.45) is 0 Å². The van der Waals surface area contributed by atoms with Gasteiger partial charge in [0, 0.05) is 12.1 Å². The molecule has 0 unspecified atom stereocenters. The van der Waals surface area contributed by atoms with Gasteiger partial charge >= 0.3 is 0 Å². The lowest BCUT2D eigenvalue weighted by Gasteiger charge is -2.41. The fourth-order valence-electron chi connectivity index (χ4n) is 4.52. The molecule has 2 fully saturated rings. The largest absolute Gasteiger partial charge is 0.382 e. The van der Waals surface area contributed by atoms with Gasteiger partial charge in [0.05, 0.1) is 5.75 Å². The van der Waals surface area contributed by atoms with Gasteiger partial charge in [0.25, 0.3) is 0 Å². The van der Waals surface area contributed by atoms with Crippen LogP contribution in [0, 0.1) is 0 Å². The van der Waals surface area contributed by atoms with Crippen molar-refractivity contribution in [2.75, 3.05) is 11.5 Å². The number of aromatic nitrogens is 4. The summed E-state index contributed by atoms with van der Waals surface area (Å²) >= 11 is 1.44. The van der Waals surface area contributed by atoms with Gasteiger partial charge in [0.15, 0.2) is 16.6 Å². The quantitative estimate of drug-likeness (QED) is 0.760. The highest BCUT2D eigenvalue weighted by molar-refractivity contribution is 7.99. The summed E-state index contributed by atoms with van der Waals surface area (Å²) in [5.41, 5.74) is 7.05. The van der Waals surface area contributed by atoms with Gasteiger partial charge in [-0.1, -0.05) is 50.3 Å². The van der Waals surface area contributed by atoms with Crippen molar-refractivity contribution in [3.05, 3.63) is 6.33 Å². The molecule has 27 heavy (non-hydrogen) atoms. The maximum Gasteiger partial charge on any atom is 0.233 e. The van der Waals surface area contributed by atoms with Gasteiger partial charge in [0.2, 0.25) is 5.91 Å². The predicted octanol–water partition coefficient (Wildman–Crippen LogP) is 3.52. The number of nitrogens with two attached hydrogens (primary N) is 1. The number of nitrogens with one attached hydrogen (secondary N) is 1. The van der Waals surface area contributed by atoms with Crippen LogP contribution in [-0.2, 0) is 4.79 Å². The number of hydrogen-bond acceptors (Lipinski definition) is 6. The van der Waals surface area contributed by atoms with E-state index in [0.29, 0.717) is 40.0 Å². The zero-order chi connectivity index (χ0) is 18.6. The number of amides is 1. The molecule has 0 aromatic carbocycles. The Balaban J connectivity index is 1.45. The summed E-state index contributed by atoms with van der Waals surface area (Å²) < 4.78 is 0. The molecular weight excluding hydrogens is 360 g/mol. The molecule has 0 radical (unpaired) electrons. The van der Waals surface area contributed by atoms with E-state index in [1.807, 2.05) is 0 Å². The first-order valence-corrected chi connectivity index (χ1v) is 11.1. The third-order valence-electron chi connectivity index (χ3n) is 5.85. The van der Waals surface area contributed by atoms with Crippen LogP contribution >= 0.6 is 11.8 Å². The van der Waals surface area contributed by atoms with Crippen LogP contribution in [0.25, 0.3) is 11.2 Å². The third kappa shape index (κ3) is 4.20. The Kier molecular flexibility index (Phi) is 5.80. The second kappa shape index (κ2) is 8.46. The number of thioether (sulfide) groups is 1. The lowest BCUT2D eigenvalue weighted by atomic mass is 9.88. The number of anilines is 1. The molecule has 0 spiro atoms. The molecule has 2 aromatic rings. The van der Waals surface area contributed by atoms with E-state index in [1.165, 1.54) is 56.6 Å².